The van der Waals surface area contributed by atoms with E-state index in [0.717, 1.165) is 16.9 Å². The molecule has 1 aromatic carbocycles. The molecule has 0 bridgehead atoms. The van der Waals surface area contributed by atoms with Crippen molar-refractivity contribution in [3.8, 4) is 16.2 Å². The summed E-state index contributed by atoms with van der Waals surface area (Å²) in [5, 5.41) is 26.9. The van der Waals surface area contributed by atoms with Crippen LogP contribution in [0.5, 0.6) is 5.75 Å². The summed E-state index contributed by atoms with van der Waals surface area (Å²) in [7, 11) is 0. The van der Waals surface area contributed by atoms with E-state index in [2.05, 4.69) is 10.5 Å². The Morgan fingerprint density at radius 3 is 2.64 bits per heavy atom. The summed E-state index contributed by atoms with van der Waals surface area (Å²) in [6.07, 6.45) is 0.0559. The number of hydrazone groups is 1. The summed E-state index contributed by atoms with van der Waals surface area (Å²) in [6.45, 7) is 2.47. The molecule has 0 aliphatic carbocycles. The van der Waals surface area contributed by atoms with Gasteiger partial charge in [0.25, 0.3) is 11.8 Å². The number of halogens is 2. The predicted octanol–water partition coefficient (Wildman–Crippen LogP) is 4.85. The van der Waals surface area contributed by atoms with Crippen molar-refractivity contribution in [1.82, 2.24) is 10.3 Å². The van der Waals surface area contributed by atoms with E-state index >= 15 is 0 Å². The van der Waals surface area contributed by atoms with E-state index in [-0.39, 0.29) is 11.7 Å². The van der Waals surface area contributed by atoms with Gasteiger partial charge in [-0.2, -0.15) is 5.10 Å². The molecular formula is C22H19Cl2N3O4S2. The predicted molar refractivity (Wildman–Crippen MR) is 132 cm³/mol. The lowest BCUT2D eigenvalue weighted by molar-refractivity contribution is 0.0769. The molecule has 4 rings (SSSR count). The van der Waals surface area contributed by atoms with Crippen molar-refractivity contribution in [3.05, 3.63) is 61.1 Å². The molecule has 3 heterocycles. The van der Waals surface area contributed by atoms with Gasteiger partial charge in [0.2, 0.25) is 0 Å². The van der Waals surface area contributed by atoms with Crippen molar-refractivity contribution >= 4 is 63.4 Å². The number of amides is 2. The number of hydrogen-bond donors (Lipinski definition) is 3. The van der Waals surface area contributed by atoms with Crippen LogP contribution >= 0.6 is 45.9 Å². The number of aliphatic hydroxyl groups excluding tert-OH is 1. The number of aromatic hydroxyl groups is 1. The van der Waals surface area contributed by atoms with Crippen LogP contribution in [0.1, 0.15) is 38.3 Å². The number of hydrogen-bond acceptors (Lipinski definition) is 7. The van der Waals surface area contributed by atoms with Crippen molar-refractivity contribution in [2.75, 3.05) is 13.1 Å². The second-order valence-electron chi connectivity index (χ2n) is 7.45. The zero-order valence-electron chi connectivity index (χ0n) is 17.3. The quantitative estimate of drug-likeness (QED) is 0.328. The summed E-state index contributed by atoms with van der Waals surface area (Å²) >= 11 is 14.4. The number of carbonyl (C=O) groups is 2. The van der Waals surface area contributed by atoms with Gasteiger partial charge in [-0.25, -0.2) is 5.43 Å². The van der Waals surface area contributed by atoms with E-state index in [1.807, 2.05) is 0 Å². The summed E-state index contributed by atoms with van der Waals surface area (Å²) in [5.41, 5.74) is 4.09. The lowest BCUT2D eigenvalue weighted by atomic mass is 10.1. The van der Waals surface area contributed by atoms with Crippen molar-refractivity contribution in [2.24, 2.45) is 5.10 Å². The average Bonchev–Trinajstić information content (AvgIpc) is 3.53. The maximum Gasteiger partial charge on any atom is 0.281 e. The minimum atomic E-state index is -0.500. The molecule has 1 aliphatic rings. The number of rotatable bonds is 5. The molecule has 2 amide bonds. The van der Waals surface area contributed by atoms with E-state index in [1.54, 1.807) is 47.5 Å². The summed E-state index contributed by atoms with van der Waals surface area (Å²) in [6, 6.07) is 8.25. The Labute approximate surface area is 207 Å². The number of nitrogens with one attached hydrogen (secondary N) is 1. The number of thiophene rings is 2. The molecule has 0 saturated carbocycles. The zero-order valence-corrected chi connectivity index (χ0v) is 20.5. The average molecular weight is 524 g/mol. The third-order valence-corrected chi connectivity index (χ3v) is 7.98. The van der Waals surface area contributed by atoms with E-state index in [9.17, 15) is 19.8 Å². The van der Waals surface area contributed by atoms with Crippen LogP contribution in [0.3, 0.4) is 0 Å². The van der Waals surface area contributed by atoms with Gasteiger partial charge in [-0.1, -0.05) is 29.3 Å². The molecule has 3 N–H and O–H groups in total. The molecule has 3 aromatic rings. The second-order valence-corrected chi connectivity index (χ2v) is 10.2. The number of β-amino-alcohol motifs (C(OH)–C–C–N with tert-alkyl or cyclic N) is 1. The molecule has 2 aromatic heterocycles. The molecular weight excluding hydrogens is 505 g/mol. The van der Waals surface area contributed by atoms with Crippen LogP contribution < -0.4 is 5.43 Å². The molecule has 11 heteroatoms. The fraction of sp³-hybridized carbons (Fsp3) is 0.227. The van der Waals surface area contributed by atoms with Crippen LogP contribution in [0.2, 0.25) is 10.0 Å². The Balaban J connectivity index is 1.45. The van der Waals surface area contributed by atoms with Crippen LogP contribution in [-0.4, -0.2) is 51.8 Å². The third-order valence-electron chi connectivity index (χ3n) is 5.15. The first-order valence-corrected chi connectivity index (χ1v) is 12.4. The third kappa shape index (κ3) is 5.07. The molecule has 172 valence electrons. The van der Waals surface area contributed by atoms with Gasteiger partial charge >= 0.3 is 0 Å². The van der Waals surface area contributed by atoms with Crippen LogP contribution in [-0.2, 0) is 0 Å². The fourth-order valence-corrected chi connectivity index (χ4v) is 5.52. The molecule has 7 nitrogen and oxygen atoms in total. The standard InChI is InChI=1S/C22H19Cl2N3O4S2/c1-11(14-10-32-20(19(14)29)12-2-3-15(23)16(24)8-12)25-26-21(30)17-4-5-18(33-17)22(31)27-7-6-13(28)9-27/h2-5,8,10,13,28-29H,6-7,9H2,1H3,(H,26,30). The lowest BCUT2D eigenvalue weighted by Crippen LogP contribution is -2.28. The molecule has 1 atom stereocenters. The van der Waals surface area contributed by atoms with Gasteiger partial charge in [-0.15, -0.1) is 22.7 Å². The molecule has 1 aliphatic heterocycles. The first kappa shape index (κ1) is 23.7. The second kappa shape index (κ2) is 9.82. The largest absolute Gasteiger partial charge is 0.506 e. The van der Waals surface area contributed by atoms with E-state index < -0.39 is 12.0 Å². The highest BCUT2D eigenvalue weighted by Gasteiger charge is 2.26. The molecule has 1 fully saturated rings. The van der Waals surface area contributed by atoms with Crippen LogP contribution in [0.25, 0.3) is 10.4 Å². The van der Waals surface area contributed by atoms with Gasteiger partial charge < -0.3 is 15.1 Å². The van der Waals surface area contributed by atoms with Crippen molar-refractivity contribution in [1.29, 1.82) is 0 Å². The van der Waals surface area contributed by atoms with E-state index in [1.165, 1.54) is 11.3 Å². The molecule has 0 radical (unpaired) electrons. The maximum absolute atomic E-state index is 12.5. The molecule has 1 saturated heterocycles. The highest BCUT2D eigenvalue weighted by molar-refractivity contribution is 7.16. The molecule has 1 unspecified atom stereocenters. The monoisotopic (exact) mass is 523 g/mol. The van der Waals surface area contributed by atoms with Gasteiger partial charge in [-0.3, -0.25) is 9.59 Å². The summed E-state index contributed by atoms with van der Waals surface area (Å²) < 4.78 is 0. The Morgan fingerprint density at radius 2 is 1.94 bits per heavy atom. The number of benzene rings is 1. The minimum absolute atomic E-state index is 0.0331. The molecule has 0 spiro atoms. The van der Waals surface area contributed by atoms with Gasteiger partial charge in [-0.05, 0) is 43.2 Å². The lowest BCUT2D eigenvalue weighted by Gasteiger charge is -2.13. The highest BCUT2D eigenvalue weighted by Crippen LogP contribution is 2.40. The number of carbonyl (C=O) groups excluding carboxylic acids is 2. The summed E-state index contributed by atoms with van der Waals surface area (Å²) in [5.74, 6) is -0.627. The maximum atomic E-state index is 12.5. The van der Waals surface area contributed by atoms with Crippen molar-refractivity contribution in [3.63, 3.8) is 0 Å². The van der Waals surface area contributed by atoms with Gasteiger partial charge in [0.05, 0.1) is 42.1 Å². The van der Waals surface area contributed by atoms with Crippen LogP contribution in [0, 0.1) is 0 Å². The topological polar surface area (TPSA) is 102 Å². The Hall–Kier alpha value is -2.43. The van der Waals surface area contributed by atoms with Crippen LogP contribution in [0.4, 0.5) is 0 Å². The fourth-order valence-electron chi connectivity index (χ4n) is 3.36. The normalized spacial score (nSPS) is 16.3. The Morgan fingerprint density at radius 1 is 1.18 bits per heavy atom. The van der Waals surface area contributed by atoms with Crippen molar-refractivity contribution in [2.45, 2.75) is 19.4 Å². The number of nitrogens with zero attached hydrogens (tertiary/aromatic N) is 2. The van der Waals surface area contributed by atoms with Gasteiger partial charge in [0.15, 0.2) is 0 Å². The SMILES string of the molecule is CC(=NNC(=O)c1ccc(C(=O)N2CCC(O)C2)s1)c1csc(-c2ccc(Cl)c(Cl)c2)c1O. The minimum Gasteiger partial charge on any atom is -0.506 e. The van der Waals surface area contributed by atoms with Gasteiger partial charge in [0, 0.05) is 18.5 Å². The summed E-state index contributed by atoms with van der Waals surface area (Å²) in [4.78, 5) is 28.0. The van der Waals surface area contributed by atoms with Crippen molar-refractivity contribution < 1.29 is 19.8 Å². The van der Waals surface area contributed by atoms with E-state index in [0.29, 0.717) is 55.5 Å². The van der Waals surface area contributed by atoms with E-state index in [4.69, 9.17) is 23.2 Å². The number of aliphatic hydroxyl groups is 1. The first-order valence-electron chi connectivity index (χ1n) is 9.92. The zero-order chi connectivity index (χ0) is 23.7. The Kier molecular flexibility index (Phi) is 7.06. The first-order chi connectivity index (χ1) is 15.7. The Bertz CT molecular complexity index is 1250. The van der Waals surface area contributed by atoms with Crippen LogP contribution in [0.15, 0.2) is 40.8 Å². The van der Waals surface area contributed by atoms with Gasteiger partial charge in [0.1, 0.15) is 5.75 Å². The smallest absolute Gasteiger partial charge is 0.281 e. The number of likely N-dealkylation sites (tertiary alicyclic amines) is 1. The molecule has 33 heavy (non-hydrogen) atoms. The highest BCUT2D eigenvalue weighted by atomic mass is 35.5.